The van der Waals surface area contributed by atoms with E-state index in [9.17, 15) is 4.79 Å². The van der Waals surface area contributed by atoms with Crippen LogP contribution in [0, 0.1) is 5.92 Å². The molecule has 0 radical (unpaired) electrons. The SMILES string of the molecule is O=C(C1CC1)N1CCCC(c2cc(NCc3cccnc3)n3ncc(Br)c3n2)C1. The Labute approximate surface area is 177 Å². The molecule has 3 aromatic rings. The van der Waals surface area contributed by atoms with Gasteiger partial charge in [-0.2, -0.15) is 9.61 Å². The van der Waals surface area contributed by atoms with E-state index in [-0.39, 0.29) is 11.8 Å². The molecule has 3 aromatic heterocycles. The first-order chi connectivity index (χ1) is 14.2. The molecule has 1 aliphatic carbocycles. The molecule has 1 saturated heterocycles. The minimum absolute atomic E-state index is 0.247. The van der Waals surface area contributed by atoms with Crippen LogP contribution in [0.4, 0.5) is 5.82 Å². The summed E-state index contributed by atoms with van der Waals surface area (Å²) in [7, 11) is 0. The van der Waals surface area contributed by atoms with E-state index in [0.29, 0.717) is 12.5 Å². The second-order valence-corrected chi connectivity index (χ2v) is 8.76. The number of carbonyl (C=O) groups excluding carboxylic acids is 1. The number of hydrogen-bond acceptors (Lipinski definition) is 5. The Morgan fingerprint density at radius 2 is 2.17 bits per heavy atom. The highest BCUT2D eigenvalue weighted by Crippen LogP contribution is 2.35. The highest BCUT2D eigenvalue weighted by Gasteiger charge is 2.36. The molecule has 0 bridgehead atoms. The van der Waals surface area contributed by atoms with Gasteiger partial charge in [-0.1, -0.05) is 6.07 Å². The smallest absolute Gasteiger partial charge is 0.225 e. The van der Waals surface area contributed by atoms with Gasteiger partial charge in [0.15, 0.2) is 5.65 Å². The van der Waals surface area contributed by atoms with Crippen LogP contribution >= 0.6 is 15.9 Å². The van der Waals surface area contributed by atoms with E-state index in [4.69, 9.17) is 4.98 Å². The number of nitrogens with one attached hydrogen (secondary N) is 1. The maximum atomic E-state index is 12.6. The summed E-state index contributed by atoms with van der Waals surface area (Å²) in [5, 5.41) is 7.93. The van der Waals surface area contributed by atoms with Gasteiger partial charge in [-0.3, -0.25) is 9.78 Å². The van der Waals surface area contributed by atoms with Gasteiger partial charge in [0.2, 0.25) is 5.91 Å². The molecule has 7 nitrogen and oxygen atoms in total. The Hall–Kier alpha value is -2.48. The van der Waals surface area contributed by atoms with Gasteiger partial charge in [-0.05, 0) is 53.2 Å². The predicted molar refractivity (Wildman–Crippen MR) is 114 cm³/mol. The molecule has 8 heteroatoms. The molecule has 2 fully saturated rings. The molecule has 5 rings (SSSR count). The van der Waals surface area contributed by atoms with Crippen molar-refractivity contribution in [1.29, 1.82) is 0 Å². The van der Waals surface area contributed by atoms with E-state index in [0.717, 1.165) is 66.0 Å². The van der Waals surface area contributed by atoms with Crippen molar-refractivity contribution in [2.45, 2.75) is 38.1 Å². The lowest BCUT2D eigenvalue weighted by atomic mass is 9.94. The number of hydrogen-bond donors (Lipinski definition) is 1. The van der Waals surface area contributed by atoms with Gasteiger partial charge in [-0.15, -0.1) is 0 Å². The van der Waals surface area contributed by atoms with Crippen LogP contribution in [-0.4, -0.2) is 43.5 Å². The van der Waals surface area contributed by atoms with Crippen molar-refractivity contribution in [3.63, 3.8) is 0 Å². The monoisotopic (exact) mass is 454 g/mol. The van der Waals surface area contributed by atoms with Gasteiger partial charge in [0.05, 0.1) is 16.4 Å². The Bertz CT molecular complexity index is 1030. The van der Waals surface area contributed by atoms with Crippen LogP contribution < -0.4 is 5.32 Å². The number of pyridine rings is 1. The molecule has 29 heavy (non-hydrogen) atoms. The summed E-state index contributed by atoms with van der Waals surface area (Å²) in [5.74, 6) is 1.74. The number of carbonyl (C=O) groups is 1. The van der Waals surface area contributed by atoms with Crippen LogP contribution in [0.25, 0.3) is 5.65 Å². The average molecular weight is 455 g/mol. The van der Waals surface area contributed by atoms with E-state index in [1.165, 1.54) is 0 Å². The number of nitrogens with zero attached hydrogens (tertiary/aromatic N) is 5. The molecule has 0 spiro atoms. The highest BCUT2D eigenvalue weighted by atomic mass is 79.9. The third-order valence-corrected chi connectivity index (χ3v) is 6.28. The Balaban J connectivity index is 1.42. The Kier molecular flexibility index (Phi) is 4.95. The number of aromatic nitrogens is 4. The van der Waals surface area contributed by atoms with Crippen molar-refractivity contribution in [3.05, 3.63) is 52.5 Å². The zero-order chi connectivity index (χ0) is 19.8. The second kappa shape index (κ2) is 7.74. The highest BCUT2D eigenvalue weighted by molar-refractivity contribution is 9.10. The lowest BCUT2D eigenvalue weighted by Crippen LogP contribution is -2.40. The molecule has 1 unspecified atom stereocenters. The normalized spacial score (nSPS) is 19.5. The van der Waals surface area contributed by atoms with E-state index in [1.807, 2.05) is 27.7 Å². The largest absolute Gasteiger partial charge is 0.366 e. The van der Waals surface area contributed by atoms with Gasteiger partial charge >= 0.3 is 0 Å². The number of rotatable bonds is 5. The number of fused-ring (bicyclic) bond motifs is 1. The number of halogens is 1. The lowest BCUT2D eigenvalue weighted by molar-refractivity contribution is -0.133. The fourth-order valence-electron chi connectivity index (χ4n) is 3.99. The third kappa shape index (κ3) is 3.85. The zero-order valence-corrected chi connectivity index (χ0v) is 17.7. The molecule has 1 amide bonds. The predicted octanol–water partition coefficient (Wildman–Crippen LogP) is 3.61. The second-order valence-electron chi connectivity index (χ2n) is 7.91. The fourth-order valence-corrected chi connectivity index (χ4v) is 4.34. The summed E-state index contributed by atoms with van der Waals surface area (Å²) in [6.07, 6.45) is 9.57. The van der Waals surface area contributed by atoms with Crippen molar-refractivity contribution in [1.82, 2.24) is 24.5 Å². The van der Waals surface area contributed by atoms with Gasteiger partial charge < -0.3 is 10.2 Å². The average Bonchev–Trinajstić information content (AvgIpc) is 3.55. The van der Waals surface area contributed by atoms with Gasteiger partial charge in [0.1, 0.15) is 5.82 Å². The number of likely N-dealkylation sites (tertiary alicyclic amines) is 1. The van der Waals surface area contributed by atoms with Crippen LogP contribution in [0.1, 0.15) is 42.9 Å². The molecule has 4 heterocycles. The lowest BCUT2D eigenvalue weighted by Gasteiger charge is -2.33. The Morgan fingerprint density at radius 3 is 2.97 bits per heavy atom. The summed E-state index contributed by atoms with van der Waals surface area (Å²) in [4.78, 5) is 23.7. The number of anilines is 1. The van der Waals surface area contributed by atoms with Crippen LogP contribution in [-0.2, 0) is 11.3 Å². The molecular formula is C21H23BrN6O. The van der Waals surface area contributed by atoms with Crippen molar-refractivity contribution in [3.8, 4) is 0 Å². The molecule has 1 N–H and O–H groups in total. The molecule has 1 saturated carbocycles. The summed E-state index contributed by atoms with van der Waals surface area (Å²) in [6, 6.07) is 6.06. The first-order valence-electron chi connectivity index (χ1n) is 10.1. The maximum Gasteiger partial charge on any atom is 0.225 e. The first kappa shape index (κ1) is 18.5. The van der Waals surface area contributed by atoms with Gasteiger partial charge in [0, 0.05) is 49.9 Å². The molecule has 1 atom stereocenters. The molecule has 2 aliphatic rings. The maximum absolute atomic E-state index is 12.6. The van der Waals surface area contributed by atoms with Crippen molar-refractivity contribution in [2.75, 3.05) is 18.4 Å². The van der Waals surface area contributed by atoms with Gasteiger partial charge in [0.25, 0.3) is 0 Å². The van der Waals surface area contributed by atoms with Crippen LogP contribution in [0.15, 0.2) is 41.3 Å². The molecular weight excluding hydrogens is 432 g/mol. The molecule has 150 valence electrons. The zero-order valence-electron chi connectivity index (χ0n) is 16.1. The van der Waals surface area contributed by atoms with Gasteiger partial charge in [-0.25, -0.2) is 4.98 Å². The first-order valence-corrected chi connectivity index (χ1v) is 10.9. The number of piperidine rings is 1. The summed E-state index contributed by atoms with van der Waals surface area (Å²) in [6.45, 7) is 2.28. The standard InChI is InChI=1S/C21H23BrN6O/c22-17-12-25-28-19(24-11-14-3-1-7-23-10-14)9-18(26-20(17)28)16-4-2-8-27(13-16)21(29)15-5-6-15/h1,3,7,9-10,12,15-16,24H,2,4-6,8,11,13H2. The summed E-state index contributed by atoms with van der Waals surface area (Å²) >= 11 is 3.57. The number of amides is 1. The van der Waals surface area contributed by atoms with E-state index < -0.39 is 0 Å². The van der Waals surface area contributed by atoms with Crippen LogP contribution in [0.2, 0.25) is 0 Å². The van der Waals surface area contributed by atoms with E-state index in [2.05, 4.69) is 37.4 Å². The summed E-state index contributed by atoms with van der Waals surface area (Å²) < 4.78 is 2.69. The van der Waals surface area contributed by atoms with Crippen LogP contribution in [0.3, 0.4) is 0 Å². The quantitative estimate of drug-likeness (QED) is 0.636. The van der Waals surface area contributed by atoms with E-state index >= 15 is 0 Å². The topological polar surface area (TPSA) is 75.4 Å². The van der Waals surface area contributed by atoms with Crippen LogP contribution in [0.5, 0.6) is 0 Å². The third-order valence-electron chi connectivity index (χ3n) is 5.72. The molecule has 0 aromatic carbocycles. The fraction of sp³-hybridized carbons (Fsp3) is 0.429. The minimum atomic E-state index is 0.247. The molecule has 1 aliphatic heterocycles. The summed E-state index contributed by atoms with van der Waals surface area (Å²) in [5.41, 5.74) is 2.91. The van der Waals surface area contributed by atoms with E-state index in [1.54, 1.807) is 12.4 Å². The van der Waals surface area contributed by atoms with Crippen molar-refractivity contribution >= 4 is 33.3 Å². The minimum Gasteiger partial charge on any atom is -0.366 e. The van der Waals surface area contributed by atoms with Crippen molar-refractivity contribution < 1.29 is 4.79 Å². The Morgan fingerprint density at radius 1 is 1.28 bits per heavy atom. The van der Waals surface area contributed by atoms with Crippen molar-refractivity contribution in [2.24, 2.45) is 5.92 Å².